The van der Waals surface area contributed by atoms with Crippen LogP contribution in [-0.2, 0) is 16.0 Å². The van der Waals surface area contributed by atoms with Crippen molar-refractivity contribution in [2.24, 2.45) is 5.92 Å². The molecule has 0 saturated heterocycles. The Balaban J connectivity index is 1.36. The van der Waals surface area contributed by atoms with Crippen molar-refractivity contribution in [3.63, 3.8) is 0 Å². The number of nitrogens with one attached hydrogen (secondary N) is 1. The number of Topliss-reactive ketones (excluding diaryl/α,β-unsaturated/α-hetero) is 1. The highest BCUT2D eigenvalue weighted by Gasteiger charge is 2.36. The number of hydrogen-bond acceptors (Lipinski definition) is 3. The lowest BCUT2D eigenvalue weighted by atomic mass is 10.0. The molecule has 2 aromatic rings. The Morgan fingerprint density at radius 2 is 1.79 bits per heavy atom. The second-order valence-electron chi connectivity index (χ2n) is 8.13. The molecular formula is C24H26N2O3. The largest absolute Gasteiger partial charge is 0.326 e. The first-order valence-corrected chi connectivity index (χ1v) is 10.3. The molecule has 1 aliphatic carbocycles. The molecule has 150 valence electrons. The fourth-order valence-corrected chi connectivity index (χ4v) is 3.75. The highest BCUT2D eigenvalue weighted by molar-refractivity contribution is 6.01. The monoisotopic (exact) mass is 390 g/mol. The van der Waals surface area contributed by atoms with E-state index in [0.717, 1.165) is 41.6 Å². The molecule has 1 saturated carbocycles. The van der Waals surface area contributed by atoms with E-state index in [4.69, 9.17) is 0 Å². The molecule has 2 amide bonds. The molecule has 5 heteroatoms. The van der Waals surface area contributed by atoms with Gasteiger partial charge in [0.2, 0.25) is 11.8 Å². The van der Waals surface area contributed by atoms with Gasteiger partial charge in [-0.05, 0) is 68.0 Å². The summed E-state index contributed by atoms with van der Waals surface area (Å²) in [4.78, 5) is 39.1. The quantitative estimate of drug-likeness (QED) is 0.752. The van der Waals surface area contributed by atoms with Gasteiger partial charge in [-0.25, -0.2) is 0 Å². The van der Waals surface area contributed by atoms with Gasteiger partial charge >= 0.3 is 0 Å². The Morgan fingerprint density at radius 3 is 2.52 bits per heavy atom. The van der Waals surface area contributed by atoms with Crippen molar-refractivity contribution in [1.29, 1.82) is 0 Å². The normalized spacial score (nSPS) is 15.2. The maximum Gasteiger partial charge on any atom is 0.230 e. The third-order valence-electron chi connectivity index (χ3n) is 5.87. The maximum absolute atomic E-state index is 12.5. The zero-order valence-electron chi connectivity index (χ0n) is 17.0. The lowest BCUT2D eigenvalue weighted by Gasteiger charge is -2.18. The van der Waals surface area contributed by atoms with E-state index in [0.29, 0.717) is 17.8 Å². The fraction of sp³-hybridized carbons (Fsp3) is 0.375. The number of carbonyl (C=O) groups excluding carboxylic acids is 3. The highest BCUT2D eigenvalue weighted by Crippen LogP contribution is 2.37. The Morgan fingerprint density at radius 1 is 1.00 bits per heavy atom. The molecule has 0 atom stereocenters. The van der Waals surface area contributed by atoms with Crippen LogP contribution in [0.1, 0.15) is 52.7 Å². The molecule has 0 aromatic heterocycles. The Kier molecular flexibility index (Phi) is 5.22. The van der Waals surface area contributed by atoms with E-state index in [1.807, 2.05) is 55.1 Å². The van der Waals surface area contributed by atoms with Crippen molar-refractivity contribution < 1.29 is 14.4 Å². The van der Waals surface area contributed by atoms with Crippen molar-refractivity contribution >= 4 is 29.0 Å². The van der Waals surface area contributed by atoms with Crippen LogP contribution in [-0.4, -0.2) is 24.1 Å². The van der Waals surface area contributed by atoms with Gasteiger partial charge in [0.25, 0.3) is 0 Å². The minimum absolute atomic E-state index is 0.0293. The number of hydrogen-bond donors (Lipinski definition) is 1. The number of carbonyl (C=O) groups is 3. The van der Waals surface area contributed by atoms with Crippen LogP contribution in [0.5, 0.6) is 0 Å². The van der Waals surface area contributed by atoms with Gasteiger partial charge in [-0.2, -0.15) is 0 Å². The van der Waals surface area contributed by atoms with Crippen molar-refractivity contribution in [3.05, 3.63) is 58.7 Å². The van der Waals surface area contributed by atoms with Crippen molar-refractivity contribution in [2.45, 2.75) is 46.0 Å². The molecule has 0 unspecified atom stereocenters. The van der Waals surface area contributed by atoms with Gasteiger partial charge in [0, 0.05) is 42.2 Å². The molecule has 1 aliphatic heterocycles. The van der Waals surface area contributed by atoms with Crippen LogP contribution in [0.4, 0.5) is 11.4 Å². The number of amides is 2. The van der Waals surface area contributed by atoms with Crippen LogP contribution in [0.3, 0.4) is 0 Å². The van der Waals surface area contributed by atoms with Crippen LogP contribution in [0.25, 0.3) is 0 Å². The number of ketones is 1. The van der Waals surface area contributed by atoms with Crippen LogP contribution in [0.2, 0.25) is 0 Å². The number of aryl methyl sites for hydroxylation is 2. The molecule has 1 fully saturated rings. The SMILES string of the molecule is Cc1ccc(C(=O)CCC(=O)Nc2ccc3c(c2)N(C(=O)C2CC2)CC3)cc1C. The fourth-order valence-electron chi connectivity index (χ4n) is 3.75. The Labute approximate surface area is 171 Å². The lowest BCUT2D eigenvalue weighted by Crippen LogP contribution is -2.30. The molecule has 1 heterocycles. The molecule has 0 bridgehead atoms. The molecule has 2 aromatic carbocycles. The summed E-state index contributed by atoms with van der Waals surface area (Å²) in [5, 5.41) is 2.87. The molecule has 4 rings (SSSR count). The highest BCUT2D eigenvalue weighted by atomic mass is 16.2. The molecule has 5 nitrogen and oxygen atoms in total. The van der Waals surface area contributed by atoms with Crippen LogP contribution in [0.15, 0.2) is 36.4 Å². The van der Waals surface area contributed by atoms with Crippen LogP contribution in [0, 0.1) is 19.8 Å². The zero-order valence-corrected chi connectivity index (χ0v) is 17.0. The predicted octanol–water partition coefficient (Wildman–Crippen LogP) is 4.20. The number of nitrogens with zero attached hydrogens (tertiary/aromatic N) is 1. The van der Waals surface area contributed by atoms with E-state index < -0.39 is 0 Å². The van der Waals surface area contributed by atoms with E-state index in [1.165, 1.54) is 0 Å². The molecule has 29 heavy (non-hydrogen) atoms. The number of benzene rings is 2. The van der Waals surface area contributed by atoms with E-state index in [1.54, 1.807) is 0 Å². The first kappa shape index (κ1) is 19.4. The molecule has 2 aliphatic rings. The van der Waals surface area contributed by atoms with Crippen molar-refractivity contribution in [3.8, 4) is 0 Å². The second-order valence-corrected chi connectivity index (χ2v) is 8.13. The summed E-state index contributed by atoms with van der Waals surface area (Å²) in [7, 11) is 0. The number of fused-ring (bicyclic) bond motifs is 1. The van der Waals surface area contributed by atoms with E-state index in [9.17, 15) is 14.4 Å². The van der Waals surface area contributed by atoms with Gasteiger partial charge < -0.3 is 10.2 Å². The van der Waals surface area contributed by atoms with Crippen LogP contribution >= 0.6 is 0 Å². The third-order valence-corrected chi connectivity index (χ3v) is 5.87. The summed E-state index contributed by atoms with van der Waals surface area (Å²) in [5.74, 6) is 0.153. The number of rotatable bonds is 6. The summed E-state index contributed by atoms with van der Waals surface area (Å²) in [6, 6.07) is 11.3. The Hall–Kier alpha value is -2.95. The maximum atomic E-state index is 12.5. The van der Waals surface area contributed by atoms with Crippen molar-refractivity contribution in [1.82, 2.24) is 0 Å². The van der Waals surface area contributed by atoms with Gasteiger partial charge in [-0.15, -0.1) is 0 Å². The summed E-state index contributed by atoms with van der Waals surface area (Å²) in [6.07, 6.45) is 3.12. The van der Waals surface area contributed by atoms with Gasteiger partial charge in [0.15, 0.2) is 5.78 Å². The zero-order chi connectivity index (χ0) is 20.5. The van der Waals surface area contributed by atoms with Gasteiger partial charge in [-0.3, -0.25) is 14.4 Å². The summed E-state index contributed by atoms with van der Waals surface area (Å²) >= 11 is 0. The average molecular weight is 390 g/mol. The van der Waals surface area contributed by atoms with E-state index >= 15 is 0 Å². The molecule has 1 N–H and O–H groups in total. The standard InChI is InChI=1S/C24H26N2O3/c1-15-3-4-19(13-16(15)2)22(27)9-10-23(28)25-20-8-7-17-11-12-26(21(17)14-20)24(29)18-5-6-18/h3-4,7-8,13-14,18H,5-6,9-12H2,1-2H3,(H,25,28). The molecule has 0 radical (unpaired) electrons. The Bertz CT molecular complexity index is 992. The first-order chi connectivity index (χ1) is 13.9. The topological polar surface area (TPSA) is 66.5 Å². The second kappa shape index (κ2) is 7.82. The first-order valence-electron chi connectivity index (χ1n) is 10.3. The van der Waals surface area contributed by atoms with E-state index in [-0.39, 0.29) is 36.4 Å². The number of anilines is 2. The lowest BCUT2D eigenvalue weighted by molar-refractivity contribution is -0.119. The average Bonchev–Trinajstić information content (AvgIpc) is 3.47. The van der Waals surface area contributed by atoms with Gasteiger partial charge in [0.05, 0.1) is 0 Å². The van der Waals surface area contributed by atoms with E-state index in [2.05, 4.69) is 5.32 Å². The van der Waals surface area contributed by atoms with Gasteiger partial charge in [0.1, 0.15) is 0 Å². The summed E-state index contributed by atoms with van der Waals surface area (Å²) < 4.78 is 0. The predicted molar refractivity (Wildman–Crippen MR) is 113 cm³/mol. The van der Waals surface area contributed by atoms with Gasteiger partial charge in [-0.1, -0.05) is 18.2 Å². The smallest absolute Gasteiger partial charge is 0.230 e. The van der Waals surface area contributed by atoms with Crippen LogP contribution < -0.4 is 10.2 Å². The summed E-state index contributed by atoms with van der Waals surface area (Å²) in [5.41, 5.74) is 5.58. The minimum Gasteiger partial charge on any atom is -0.326 e. The molecule has 0 spiro atoms. The molecular weight excluding hydrogens is 364 g/mol. The minimum atomic E-state index is -0.194. The third kappa shape index (κ3) is 4.24. The summed E-state index contributed by atoms with van der Waals surface area (Å²) in [6.45, 7) is 4.70. The van der Waals surface area contributed by atoms with Crippen molar-refractivity contribution in [2.75, 3.05) is 16.8 Å².